The molecule has 182 valence electrons. The van der Waals surface area contributed by atoms with Crippen LogP contribution in [0.25, 0.3) is 82.8 Å². The normalized spacial score (nSPS) is 12.1. The number of fused-ring (bicyclic) bond motifs is 9. The van der Waals surface area contributed by atoms with Crippen LogP contribution in [0.15, 0.2) is 121 Å². The minimum absolute atomic E-state index is 1.29. The summed E-state index contributed by atoms with van der Waals surface area (Å²) >= 11 is 5.71. The fourth-order valence-corrected chi connectivity index (χ4v) is 9.72. The van der Waals surface area contributed by atoms with E-state index in [-0.39, 0.29) is 0 Å². The van der Waals surface area contributed by atoms with Crippen LogP contribution < -0.4 is 0 Å². The number of thiophene rings is 3. The lowest BCUT2D eigenvalue weighted by Gasteiger charge is -2.04. The van der Waals surface area contributed by atoms with Gasteiger partial charge in [0.1, 0.15) is 0 Å². The highest BCUT2D eigenvalue weighted by Gasteiger charge is 2.15. The molecule has 0 saturated carbocycles. The third-order valence-electron chi connectivity index (χ3n) is 7.90. The topological polar surface area (TPSA) is 0 Å². The lowest BCUT2D eigenvalue weighted by Crippen LogP contribution is -1.78. The molecule has 0 unspecified atom stereocenters. The quantitative estimate of drug-likeness (QED) is 0.201. The summed E-state index contributed by atoms with van der Waals surface area (Å²) in [5.41, 5.74) is 5.22. The first kappa shape index (κ1) is 21.9. The van der Waals surface area contributed by atoms with Gasteiger partial charge >= 0.3 is 0 Å². The predicted molar refractivity (Wildman–Crippen MR) is 176 cm³/mol. The average Bonchev–Trinajstić information content (AvgIpc) is 3.67. The average molecular weight is 549 g/mol. The summed E-state index contributed by atoms with van der Waals surface area (Å²) in [7, 11) is 0. The Morgan fingerprint density at radius 3 is 1.26 bits per heavy atom. The molecule has 6 aromatic carbocycles. The van der Waals surface area contributed by atoms with Gasteiger partial charge in [0, 0.05) is 60.5 Å². The maximum atomic E-state index is 2.38. The van der Waals surface area contributed by atoms with Crippen molar-refractivity contribution in [2.24, 2.45) is 0 Å². The zero-order chi connectivity index (χ0) is 25.5. The van der Waals surface area contributed by atoms with Gasteiger partial charge in [-0.25, -0.2) is 0 Å². The molecule has 0 fully saturated rings. The summed E-state index contributed by atoms with van der Waals surface area (Å²) < 4.78 is 8.13. The molecule has 3 heterocycles. The Labute approximate surface area is 237 Å². The van der Waals surface area contributed by atoms with E-state index in [2.05, 4.69) is 121 Å². The van der Waals surface area contributed by atoms with Gasteiger partial charge in [-0.15, -0.1) is 34.0 Å². The lowest BCUT2D eigenvalue weighted by atomic mass is 9.99. The maximum absolute atomic E-state index is 2.38. The summed E-state index contributed by atoms with van der Waals surface area (Å²) in [6.07, 6.45) is 0. The Morgan fingerprint density at radius 2 is 0.744 bits per heavy atom. The molecule has 0 aliphatic rings. The van der Waals surface area contributed by atoms with Crippen molar-refractivity contribution in [2.45, 2.75) is 0 Å². The molecule has 0 aliphatic carbocycles. The van der Waals surface area contributed by atoms with E-state index < -0.39 is 0 Å². The summed E-state index contributed by atoms with van der Waals surface area (Å²) in [5.74, 6) is 0. The Kier molecular flexibility index (Phi) is 4.62. The maximum Gasteiger partial charge on any atom is 0.0434 e. The van der Waals surface area contributed by atoms with Gasteiger partial charge in [0.2, 0.25) is 0 Å². The fourth-order valence-electron chi connectivity index (χ4n) is 6.06. The number of hydrogen-bond acceptors (Lipinski definition) is 3. The van der Waals surface area contributed by atoms with Crippen LogP contribution in [-0.4, -0.2) is 0 Å². The molecule has 0 bridgehead atoms. The van der Waals surface area contributed by atoms with E-state index in [1.807, 2.05) is 34.0 Å². The van der Waals surface area contributed by atoms with Crippen LogP contribution in [-0.2, 0) is 0 Å². The van der Waals surface area contributed by atoms with Crippen LogP contribution in [0, 0.1) is 0 Å². The fraction of sp³-hybridized carbons (Fsp3) is 0. The predicted octanol–water partition coefficient (Wildman–Crippen LogP) is 12.1. The van der Waals surface area contributed by atoms with Gasteiger partial charge in [-0.1, -0.05) is 97.1 Å². The molecule has 3 heteroatoms. The van der Waals surface area contributed by atoms with Crippen molar-refractivity contribution in [3.05, 3.63) is 121 Å². The van der Waals surface area contributed by atoms with Crippen molar-refractivity contribution in [1.29, 1.82) is 0 Å². The highest BCUT2D eigenvalue weighted by molar-refractivity contribution is 7.27. The summed E-state index contributed by atoms with van der Waals surface area (Å²) in [5, 5.41) is 8.08. The molecule has 0 N–H and O–H groups in total. The Morgan fingerprint density at radius 1 is 0.308 bits per heavy atom. The number of benzene rings is 6. The number of hydrogen-bond donors (Lipinski definition) is 0. The largest absolute Gasteiger partial charge is 0.135 e. The number of rotatable bonds is 2. The van der Waals surface area contributed by atoms with E-state index in [0.29, 0.717) is 0 Å². The molecular formula is C36H20S3. The van der Waals surface area contributed by atoms with Gasteiger partial charge in [-0.3, -0.25) is 0 Å². The first-order valence-corrected chi connectivity index (χ1v) is 15.5. The van der Waals surface area contributed by atoms with E-state index in [0.717, 1.165) is 0 Å². The summed E-state index contributed by atoms with van der Waals surface area (Å²) in [4.78, 5) is 0. The first-order valence-electron chi connectivity index (χ1n) is 13.1. The molecular weight excluding hydrogens is 529 g/mol. The molecule has 0 radical (unpaired) electrons. The van der Waals surface area contributed by atoms with Crippen LogP contribution >= 0.6 is 34.0 Å². The van der Waals surface area contributed by atoms with E-state index >= 15 is 0 Å². The molecule has 39 heavy (non-hydrogen) atoms. The second-order valence-corrected chi connectivity index (χ2v) is 13.3. The van der Waals surface area contributed by atoms with Crippen LogP contribution in [0.3, 0.4) is 0 Å². The van der Waals surface area contributed by atoms with Crippen LogP contribution in [0.4, 0.5) is 0 Å². The van der Waals surface area contributed by atoms with Gasteiger partial charge < -0.3 is 0 Å². The van der Waals surface area contributed by atoms with Crippen molar-refractivity contribution >= 4 is 94.5 Å². The second kappa shape index (κ2) is 8.24. The van der Waals surface area contributed by atoms with E-state index in [1.54, 1.807) is 0 Å². The molecule has 0 atom stereocenters. The smallest absolute Gasteiger partial charge is 0.0434 e. The molecule has 9 rings (SSSR count). The minimum atomic E-state index is 1.29. The Bertz CT molecular complexity index is 2230. The standard InChI is InChI=1S/C36H20S3/c1-3-13-31-25(7-1)27-17-15-21(19-33(27)37-31)23-9-5-11-29-30-12-6-10-24(36(30)39-35(23)29)22-16-18-28-26-8-2-4-14-32(26)38-34(28)20-22/h1-20H. The zero-order valence-corrected chi connectivity index (χ0v) is 23.2. The SMILES string of the molecule is c1ccc2c(c1)sc1cc(-c3cccc4c3sc3c(-c5ccc6c(c5)sc5ccccc56)cccc34)ccc12. The van der Waals surface area contributed by atoms with Crippen LogP contribution in [0.1, 0.15) is 0 Å². The van der Waals surface area contributed by atoms with Crippen molar-refractivity contribution in [2.75, 3.05) is 0 Å². The zero-order valence-electron chi connectivity index (χ0n) is 20.8. The van der Waals surface area contributed by atoms with Crippen molar-refractivity contribution in [1.82, 2.24) is 0 Å². The van der Waals surface area contributed by atoms with Gasteiger partial charge in [0.05, 0.1) is 0 Å². The van der Waals surface area contributed by atoms with Gasteiger partial charge in [-0.2, -0.15) is 0 Å². The molecule has 9 aromatic rings. The van der Waals surface area contributed by atoms with Gasteiger partial charge in [0.15, 0.2) is 0 Å². The Hall–Kier alpha value is -4.02. The second-order valence-electron chi connectivity index (χ2n) is 10.1. The van der Waals surface area contributed by atoms with Crippen molar-refractivity contribution in [3.63, 3.8) is 0 Å². The molecule has 0 amide bonds. The molecule has 0 spiro atoms. The Balaban J connectivity index is 1.25. The molecule has 3 aromatic heterocycles. The third-order valence-corrected chi connectivity index (χ3v) is 11.5. The van der Waals surface area contributed by atoms with Gasteiger partial charge in [-0.05, 0) is 46.5 Å². The summed E-state index contributed by atoms with van der Waals surface area (Å²) in [6, 6.07) is 45.0. The monoisotopic (exact) mass is 548 g/mol. The van der Waals surface area contributed by atoms with Crippen molar-refractivity contribution in [3.8, 4) is 22.3 Å². The molecule has 0 nitrogen and oxygen atoms in total. The molecule has 0 saturated heterocycles. The first-order chi connectivity index (χ1) is 19.3. The van der Waals surface area contributed by atoms with Crippen LogP contribution in [0.5, 0.6) is 0 Å². The highest BCUT2D eigenvalue weighted by atomic mass is 32.1. The van der Waals surface area contributed by atoms with E-state index in [4.69, 9.17) is 0 Å². The lowest BCUT2D eigenvalue weighted by molar-refractivity contribution is 1.74. The molecule has 0 aliphatic heterocycles. The van der Waals surface area contributed by atoms with Gasteiger partial charge in [0.25, 0.3) is 0 Å². The highest BCUT2D eigenvalue weighted by Crippen LogP contribution is 2.46. The van der Waals surface area contributed by atoms with Crippen LogP contribution in [0.2, 0.25) is 0 Å². The third kappa shape index (κ3) is 3.21. The van der Waals surface area contributed by atoms with E-state index in [9.17, 15) is 0 Å². The van der Waals surface area contributed by atoms with Crippen molar-refractivity contribution < 1.29 is 0 Å². The van der Waals surface area contributed by atoms with E-state index in [1.165, 1.54) is 82.8 Å². The minimum Gasteiger partial charge on any atom is -0.135 e. The summed E-state index contributed by atoms with van der Waals surface area (Å²) in [6.45, 7) is 0.